The number of nitrogens with zero attached hydrogens (tertiary/aromatic N) is 5. The summed E-state index contributed by atoms with van der Waals surface area (Å²) in [7, 11) is 0. The van der Waals surface area contributed by atoms with Gasteiger partial charge in [0.2, 0.25) is 5.91 Å². The van der Waals surface area contributed by atoms with Gasteiger partial charge in [-0.15, -0.1) is 0 Å². The summed E-state index contributed by atoms with van der Waals surface area (Å²) in [5, 5.41) is 8.50. The normalized spacial score (nSPS) is 12.5. The lowest BCUT2D eigenvalue weighted by atomic mass is 9.95. The zero-order chi connectivity index (χ0) is 24.4. The predicted molar refractivity (Wildman–Crippen MR) is 141 cm³/mol. The number of thiazole rings is 1. The Hall–Kier alpha value is -3.21. The Balaban J connectivity index is 1.63. The number of carbonyl (C=O) groups excluding carboxylic acids is 1. The van der Waals surface area contributed by atoms with Gasteiger partial charge >= 0.3 is 0 Å². The standard InChI is InChI=1S/C25H23BrN6O2S/c1-3-34-14-28-12-16-6-9-21(19(26)11-16)32-23-18(22(31-32)17-5-4-10-27-13-17)7-8-20-24(23)35-25(30-20)29-15(2)33/h4-6,9-13H,3,7-8,14H2,1-2H3,(H,29,30,33)/b28-12-. The van der Waals surface area contributed by atoms with Crippen LogP contribution in [0.5, 0.6) is 0 Å². The third-order valence-electron chi connectivity index (χ3n) is 5.54. The molecule has 0 radical (unpaired) electrons. The van der Waals surface area contributed by atoms with E-state index in [1.165, 1.54) is 18.3 Å². The van der Waals surface area contributed by atoms with Crippen LogP contribution in [-0.4, -0.2) is 45.2 Å². The number of ether oxygens (including phenoxy) is 1. The van der Waals surface area contributed by atoms with Crippen LogP contribution in [0.25, 0.3) is 27.5 Å². The number of carbonyl (C=O) groups is 1. The summed E-state index contributed by atoms with van der Waals surface area (Å²) in [6.45, 7) is 4.40. The minimum atomic E-state index is -0.134. The number of halogens is 1. The van der Waals surface area contributed by atoms with Gasteiger partial charge in [0.1, 0.15) is 6.73 Å². The first-order chi connectivity index (χ1) is 17.0. The highest BCUT2D eigenvalue weighted by molar-refractivity contribution is 9.10. The van der Waals surface area contributed by atoms with Crippen molar-refractivity contribution in [3.05, 3.63) is 64.0 Å². The molecule has 1 amide bonds. The Morgan fingerprint density at radius 1 is 1.34 bits per heavy atom. The van der Waals surface area contributed by atoms with Gasteiger partial charge in [0.05, 0.1) is 27.6 Å². The van der Waals surface area contributed by atoms with Crippen LogP contribution in [0.3, 0.4) is 0 Å². The summed E-state index contributed by atoms with van der Waals surface area (Å²) in [5.74, 6) is -0.134. The summed E-state index contributed by atoms with van der Waals surface area (Å²) in [5.41, 5.74) is 6.85. The van der Waals surface area contributed by atoms with Gasteiger partial charge in [-0.1, -0.05) is 17.4 Å². The van der Waals surface area contributed by atoms with E-state index in [0.29, 0.717) is 18.5 Å². The van der Waals surface area contributed by atoms with Gasteiger partial charge < -0.3 is 10.1 Å². The minimum Gasteiger partial charge on any atom is -0.360 e. The van der Waals surface area contributed by atoms with Crippen molar-refractivity contribution >= 4 is 44.5 Å². The van der Waals surface area contributed by atoms with Gasteiger partial charge in [0, 0.05) is 47.7 Å². The van der Waals surface area contributed by atoms with Crippen LogP contribution >= 0.6 is 27.3 Å². The van der Waals surface area contributed by atoms with Gasteiger partial charge in [0.25, 0.3) is 0 Å². The van der Waals surface area contributed by atoms with E-state index >= 15 is 0 Å². The van der Waals surface area contributed by atoms with Crippen molar-refractivity contribution in [2.45, 2.75) is 26.7 Å². The molecule has 0 fully saturated rings. The maximum atomic E-state index is 11.6. The van der Waals surface area contributed by atoms with E-state index in [1.54, 1.807) is 12.4 Å². The van der Waals surface area contributed by atoms with Crippen LogP contribution in [0, 0.1) is 0 Å². The smallest absolute Gasteiger partial charge is 0.223 e. The zero-order valence-corrected chi connectivity index (χ0v) is 21.7. The summed E-state index contributed by atoms with van der Waals surface area (Å²) in [6, 6.07) is 9.99. The van der Waals surface area contributed by atoms with Gasteiger partial charge in [-0.25, -0.2) is 9.67 Å². The number of pyridine rings is 1. The SMILES string of the molecule is CCOC/N=C\c1ccc(-n2nc(-c3cccnc3)c3c2-c2sc(NC(C)=O)nc2CC3)c(Br)c1. The molecule has 5 rings (SSSR count). The van der Waals surface area contributed by atoms with Crippen LogP contribution in [0.15, 0.2) is 52.2 Å². The molecule has 1 aliphatic rings. The molecular weight excluding hydrogens is 528 g/mol. The van der Waals surface area contributed by atoms with E-state index in [0.717, 1.165) is 61.7 Å². The molecule has 178 valence electrons. The molecule has 1 N–H and O–H groups in total. The Bertz CT molecular complexity index is 1410. The topological polar surface area (TPSA) is 94.3 Å². The fourth-order valence-corrected chi connectivity index (χ4v) is 5.73. The molecule has 0 aliphatic heterocycles. The number of rotatable bonds is 7. The second-order valence-corrected chi connectivity index (χ2v) is 9.80. The third-order valence-corrected chi connectivity index (χ3v) is 7.19. The van der Waals surface area contributed by atoms with Crippen molar-refractivity contribution in [1.29, 1.82) is 0 Å². The van der Waals surface area contributed by atoms with Crippen molar-refractivity contribution in [3.8, 4) is 27.5 Å². The van der Waals surface area contributed by atoms with Gasteiger partial charge in [-0.3, -0.25) is 14.8 Å². The fourth-order valence-electron chi connectivity index (χ4n) is 4.05. The quantitative estimate of drug-likeness (QED) is 0.249. The highest BCUT2D eigenvalue weighted by Crippen LogP contribution is 2.44. The van der Waals surface area contributed by atoms with Gasteiger partial charge in [0.15, 0.2) is 5.13 Å². The second-order valence-electron chi connectivity index (χ2n) is 7.95. The number of anilines is 1. The molecule has 0 saturated heterocycles. The average molecular weight is 551 g/mol. The van der Waals surface area contributed by atoms with E-state index in [4.69, 9.17) is 9.84 Å². The van der Waals surface area contributed by atoms with E-state index in [1.807, 2.05) is 48.1 Å². The Kier molecular flexibility index (Phi) is 6.85. The average Bonchev–Trinajstić information content (AvgIpc) is 3.43. The van der Waals surface area contributed by atoms with Crippen molar-refractivity contribution in [2.24, 2.45) is 4.99 Å². The molecule has 0 saturated carbocycles. The van der Waals surface area contributed by atoms with Gasteiger partial charge in [-0.2, -0.15) is 5.10 Å². The lowest BCUT2D eigenvalue weighted by Crippen LogP contribution is -2.07. The largest absolute Gasteiger partial charge is 0.360 e. The highest BCUT2D eigenvalue weighted by Gasteiger charge is 2.30. The van der Waals surface area contributed by atoms with Gasteiger partial charge in [-0.05, 0) is 65.5 Å². The summed E-state index contributed by atoms with van der Waals surface area (Å²) in [6.07, 6.45) is 6.98. The van der Waals surface area contributed by atoms with Crippen molar-refractivity contribution in [1.82, 2.24) is 19.7 Å². The number of aryl methyl sites for hydroxylation is 1. The summed E-state index contributed by atoms with van der Waals surface area (Å²) >= 11 is 5.22. The van der Waals surface area contributed by atoms with Crippen molar-refractivity contribution in [3.63, 3.8) is 0 Å². The van der Waals surface area contributed by atoms with Crippen molar-refractivity contribution in [2.75, 3.05) is 18.7 Å². The third kappa shape index (κ3) is 4.82. The lowest BCUT2D eigenvalue weighted by Gasteiger charge is -2.15. The molecule has 0 bridgehead atoms. The molecule has 35 heavy (non-hydrogen) atoms. The molecule has 0 atom stereocenters. The number of benzene rings is 1. The predicted octanol–water partition coefficient (Wildman–Crippen LogP) is 5.29. The highest BCUT2D eigenvalue weighted by atomic mass is 79.9. The molecule has 1 aromatic carbocycles. The molecule has 1 aliphatic carbocycles. The van der Waals surface area contributed by atoms with E-state index in [-0.39, 0.29) is 5.91 Å². The van der Waals surface area contributed by atoms with Crippen molar-refractivity contribution < 1.29 is 9.53 Å². The van der Waals surface area contributed by atoms with Crippen LogP contribution in [-0.2, 0) is 22.4 Å². The van der Waals surface area contributed by atoms with Crippen LogP contribution in [0.2, 0.25) is 0 Å². The Labute approximate surface area is 215 Å². The summed E-state index contributed by atoms with van der Waals surface area (Å²) in [4.78, 5) is 26.0. The van der Waals surface area contributed by atoms with E-state index in [9.17, 15) is 4.79 Å². The molecule has 4 aromatic rings. The number of hydrogen-bond acceptors (Lipinski definition) is 7. The molecule has 3 aromatic heterocycles. The Morgan fingerprint density at radius 3 is 2.97 bits per heavy atom. The first-order valence-electron chi connectivity index (χ1n) is 11.2. The number of nitrogens with one attached hydrogen (secondary N) is 1. The first kappa shape index (κ1) is 23.5. The zero-order valence-electron chi connectivity index (χ0n) is 19.3. The summed E-state index contributed by atoms with van der Waals surface area (Å²) < 4.78 is 8.14. The molecule has 0 unspecified atom stereocenters. The fraction of sp³-hybridized carbons (Fsp3) is 0.240. The monoisotopic (exact) mass is 550 g/mol. The Morgan fingerprint density at radius 2 is 2.23 bits per heavy atom. The van der Waals surface area contributed by atoms with Crippen LogP contribution in [0.1, 0.15) is 30.7 Å². The molecule has 10 heteroatoms. The maximum absolute atomic E-state index is 11.6. The molecule has 8 nitrogen and oxygen atoms in total. The van der Waals surface area contributed by atoms with Crippen LogP contribution < -0.4 is 5.32 Å². The first-order valence-corrected chi connectivity index (χ1v) is 12.8. The molecular formula is C25H23BrN6O2S. The van der Waals surface area contributed by atoms with Crippen LogP contribution in [0.4, 0.5) is 5.13 Å². The minimum absolute atomic E-state index is 0.134. The molecule has 3 heterocycles. The number of hydrogen-bond donors (Lipinski definition) is 1. The second kappa shape index (κ2) is 10.2. The number of amides is 1. The van der Waals surface area contributed by atoms with E-state index < -0.39 is 0 Å². The van der Waals surface area contributed by atoms with E-state index in [2.05, 4.69) is 36.2 Å². The lowest BCUT2D eigenvalue weighted by molar-refractivity contribution is -0.114. The molecule has 0 spiro atoms. The number of aromatic nitrogens is 4. The number of aliphatic imine (C=N–C) groups is 1. The number of fused-ring (bicyclic) bond motifs is 3. The maximum Gasteiger partial charge on any atom is 0.223 e.